The maximum absolute atomic E-state index is 11.6. The van der Waals surface area contributed by atoms with Gasteiger partial charge in [0.1, 0.15) is 0 Å². The van der Waals surface area contributed by atoms with Crippen LogP contribution in [0.5, 0.6) is 0 Å². The summed E-state index contributed by atoms with van der Waals surface area (Å²) in [5, 5.41) is 3.15. The molecule has 0 aromatic carbocycles. The van der Waals surface area contributed by atoms with Gasteiger partial charge in [0.2, 0.25) is 0 Å². The molecule has 1 rings (SSSR count). The Balaban J connectivity index is 2.04. The third kappa shape index (κ3) is 5.10. The predicted molar refractivity (Wildman–Crippen MR) is 42.2 cm³/mol. The average Bonchev–Trinajstić information content (AvgIpc) is 2.04. The lowest BCUT2D eigenvalue weighted by atomic mass is 9.97. The Morgan fingerprint density at radius 3 is 2.69 bits per heavy atom. The van der Waals surface area contributed by atoms with E-state index in [1.807, 2.05) is 0 Å². The van der Waals surface area contributed by atoms with Crippen LogP contribution in [0.1, 0.15) is 19.3 Å². The lowest BCUT2D eigenvalue weighted by Crippen LogP contribution is -2.30. The van der Waals surface area contributed by atoms with Crippen LogP contribution in [0.3, 0.4) is 0 Å². The van der Waals surface area contributed by atoms with Crippen LogP contribution in [-0.4, -0.2) is 26.1 Å². The van der Waals surface area contributed by atoms with Crippen molar-refractivity contribution in [2.45, 2.75) is 25.6 Å². The minimum atomic E-state index is -4.47. The molecule has 1 saturated heterocycles. The highest BCUT2D eigenvalue weighted by molar-refractivity contribution is 4.68. The normalized spacial score (nSPS) is 24.7. The van der Waals surface area contributed by atoms with Gasteiger partial charge in [-0.25, -0.2) is 0 Å². The Bertz CT molecular complexity index is 143. The summed E-state index contributed by atoms with van der Waals surface area (Å²) in [5.41, 5.74) is 0. The van der Waals surface area contributed by atoms with Crippen LogP contribution in [0.25, 0.3) is 0 Å². The summed E-state index contributed by atoms with van der Waals surface area (Å²) in [4.78, 5) is 0. The quantitative estimate of drug-likeness (QED) is 0.746. The van der Waals surface area contributed by atoms with Gasteiger partial charge >= 0.3 is 6.36 Å². The van der Waals surface area contributed by atoms with E-state index in [-0.39, 0.29) is 6.61 Å². The number of piperidine rings is 1. The molecule has 5 heteroatoms. The molecule has 0 aromatic rings. The topological polar surface area (TPSA) is 21.3 Å². The summed E-state index contributed by atoms with van der Waals surface area (Å²) in [5.74, 6) is 0.344. The van der Waals surface area contributed by atoms with Gasteiger partial charge in [-0.3, -0.25) is 4.74 Å². The van der Waals surface area contributed by atoms with Crippen molar-refractivity contribution in [1.82, 2.24) is 5.32 Å². The second-order valence-corrected chi connectivity index (χ2v) is 3.30. The molecule has 0 bridgehead atoms. The molecule has 1 heterocycles. The summed E-state index contributed by atoms with van der Waals surface area (Å²) < 4.78 is 38.4. The van der Waals surface area contributed by atoms with E-state index in [2.05, 4.69) is 10.1 Å². The SMILES string of the molecule is FC(F)(F)OCCC1CCCNC1. The van der Waals surface area contributed by atoms with Gasteiger partial charge in [-0.1, -0.05) is 0 Å². The highest BCUT2D eigenvalue weighted by Crippen LogP contribution is 2.19. The lowest BCUT2D eigenvalue weighted by Gasteiger charge is -2.22. The molecule has 1 aliphatic rings. The van der Waals surface area contributed by atoms with Crippen molar-refractivity contribution in [3.05, 3.63) is 0 Å². The smallest absolute Gasteiger partial charge is 0.316 e. The van der Waals surface area contributed by atoms with Crippen LogP contribution in [0.4, 0.5) is 13.2 Å². The Kier molecular flexibility index (Phi) is 3.99. The van der Waals surface area contributed by atoms with Crippen LogP contribution in [-0.2, 0) is 4.74 Å². The number of nitrogens with one attached hydrogen (secondary N) is 1. The minimum absolute atomic E-state index is 0.212. The van der Waals surface area contributed by atoms with Gasteiger partial charge < -0.3 is 5.32 Å². The van der Waals surface area contributed by atoms with Crippen molar-refractivity contribution in [3.63, 3.8) is 0 Å². The lowest BCUT2D eigenvalue weighted by molar-refractivity contribution is -0.325. The second-order valence-electron chi connectivity index (χ2n) is 3.30. The maximum atomic E-state index is 11.6. The third-order valence-electron chi connectivity index (χ3n) is 2.19. The molecule has 13 heavy (non-hydrogen) atoms. The number of alkyl halides is 3. The fraction of sp³-hybridized carbons (Fsp3) is 1.00. The molecule has 1 unspecified atom stereocenters. The van der Waals surface area contributed by atoms with Crippen LogP contribution < -0.4 is 5.32 Å². The fourth-order valence-corrected chi connectivity index (χ4v) is 1.51. The first-order chi connectivity index (χ1) is 6.08. The Hall–Kier alpha value is -0.290. The standard InChI is InChI=1S/C8H14F3NO/c9-8(10,11)13-5-3-7-2-1-4-12-6-7/h7,12H,1-6H2. The molecule has 1 fully saturated rings. The molecule has 0 amide bonds. The Morgan fingerprint density at radius 1 is 1.38 bits per heavy atom. The number of halogens is 3. The molecule has 78 valence electrons. The zero-order chi connectivity index (χ0) is 9.73. The van der Waals surface area contributed by atoms with Crippen molar-refractivity contribution in [1.29, 1.82) is 0 Å². The number of rotatable bonds is 3. The third-order valence-corrected chi connectivity index (χ3v) is 2.19. The summed E-state index contributed by atoms with van der Waals surface area (Å²) in [6.45, 7) is 1.59. The maximum Gasteiger partial charge on any atom is 0.522 e. The zero-order valence-corrected chi connectivity index (χ0v) is 7.36. The molecule has 0 radical (unpaired) electrons. The van der Waals surface area contributed by atoms with Gasteiger partial charge in [0, 0.05) is 0 Å². The first-order valence-corrected chi connectivity index (χ1v) is 4.49. The van der Waals surface area contributed by atoms with Crippen LogP contribution in [0, 0.1) is 5.92 Å². The Morgan fingerprint density at radius 2 is 2.15 bits per heavy atom. The van der Waals surface area contributed by atoms with E-state index in [0.717, 1.165) is 25.9 Å². The Labute approximate surface area is 75.4 Å². The van der Waals surface area contributed by atoms with Gasteiger partial charge in [0.05, 0.1) is 6.61 Å². The summed E-state index contributed by atoms with van der Waals surface area (Å²) in [7, 11) is 0. The molecule has 0 saturated carbocycles. The van der Waals surface area contributed by atoms with Crippen LogP contribution in [0.15, 0.2) is 0 Å². The fourth-order valence-electron chi connectivity index (χ4n) is 1.51. The number of ether oxygens (including phenoxy) is 1. The summed E-state index contributed by atoms with van der Waals surface area (Å²) >= 11 is 0. The highest BCUT2D eigenvalue weighted by atomic mass is 19.4. The van der Waals surface area contributed by atoms with E-state index < -0.39 is 6.36 Å². The first kappa shape index (κ1) is 10.8. The van der Waals surface area contributed by atoms with E-state index in [9.17, 15) is 13.2 Å². The summed E-state index contributed by atoms with van der Waals surface area (Å²) in [6.07, 6.45) is -1.92. The molecule has 0 aromatic heterocycles. The summed E-state index contributed by atoms with van der Waals surface area (Å²) in [6, 6.07) is 0. The monoisotopic (exact) mass is 197 g/mol. The van der Waals surface area contributed by atoms with Crippen molar-refractivity contribution >= 4 is 0 Å². The van der Waals surface area contributed by atoms with Crippen LogP contribution >= 0.6 is 0 Å². The second kappa shape index (κ2) is 4.81. The average molecular weight is 197 g/mol. The number of hydrogen-bond acceptors (Lipinski definition) is 2. The largest absolute Gasteiger partial charge is 0.522 e. The van der Waals surface area contributed by atoms with Crippen molar-refractivity contribution in [2.75, 3.05) is 19.7 Å². The first-order valence-electron chi connectivity index (χ1n) is 4.49. The van der Waals surface area contributed by atoms with E-state index in [0.29, 0.717) is 12.3 Å². The van der Waals surface area contributed by atoms with Gasteiger partial charge in [-0.15, -0.1) is 13.2 Å². The molecule has 0 aliphatic carbocycles. The van der Waals surface area contributed by atoms with Crippen molar-refractivity contribution in [2.24, 2.45) is 5.92 Å². The molecule has 1 N–H and O–H groups in total. The van der Waals surface area contributed by atoms with E-state index in [1.165, 1.54) is 0 Å². The van der Waals surface area contributed by atoms with Crippen molar-refractivity contribution < 1.29 is 17.9 Å². The zero-order valence-electron chi connectivity index (χ0n) is 7.36. The van der Waals surface area contributed by atoms with E-state index in [1.54, 1.807) is 0 Å². The van der Waals surface area contributed by atoms with Crippen LogP contribution in [0.2, 0.25) is 0 Å². The molecular weight excluding hydrogens is 183 g/mol. The van der Waals surface area contributed by atoms with Gasteiger partial charge in [0.25, 0.3) is 0 Å². The predicted octanol–water partition coefficient (Wildman–Crippen LogP) is 1.91. The molecule has 0 spiro atoms. The molecule has 1 atom stereocenters. The molecule has 2 nitrogen and oxygen atoms in total. The van der Waals surface area contributed by atoms with Gasteiger partial charge in [0.15, 0.2) is 0 Å². The van der Waals surface area contributed by atoms with E-state index in [4.69, 9.17) is 0 Å². The molecular formula is C8H14F3NO. The molecule has 1 aliphatic heterocycles. The van der Waals surface area contributed by atoms with Crippen molar-refractivity contribution in [3.8, 4) is 0 Å². The van der Waals surface area contributed by atoms with Gasteiger partial charge in [-0.05, 0) is 38.3 Å². The highest BCUT2D eigenvalue weighted by Gasteiger charge is 2.29. The minimum Gasteiger partial charge on any atom is -0.316 e. The van der Waals surface area contributed by atoms with Gasteiger partial charge in [-0.2, -0.15) is 0 Å². The number of hydrogen-bond donors (Lipinski definition) is 1. The van der Waals surface area contributed by atoms with E-state index >= 15 is 0 Å².